The molecule has 3 heterocycles. The van der Waals surface area contributed by atoms with Gasteiger partial charge < -0.3 is 9.32 Å². The maximum absolute atomic E-state index is 13.0. The van der Waals surface area contributed by atoms with E-state index in [1.165, 1.54) is 16.8 Å². The van der Waals surface area contributed by atoms with Crippen LogP contribution < -0.4 is 0 Å². The highest BCUT2D eigenvalue weighted by Gasteiger charge is 2.33. The van der Waals surface area contributed by atoms with E-state index < -0.39 is 18.6 Å². The molecule has 0 N–H and O–H groups in total. The molecular weight excluding hydrogens is 419 g/mol. The van der Waals surface area contributed by atoms with Crippen molar-refractivity contribution in [1.82, 2.24) is 24.5 Å². The van der Waals surface area contributed by atoms with E-state index in [1.807, 2.05) is 18.2 Å². The van der Waals surface area contributed by atoms with Gasteiger partial charge in [0.2, 0.25) is 5.91 Å². The summed E-state index contributed by atoms with van der Waals surface area (Å²) in [6, 6.07) is 10.4. The van der Waals surface area contributed by atoms with Crippen molar-refractivity contribution in [2.45, 2.75) is 24.8 Å². The Kier molecular flexibility index (Phi) is 5.37. The molecule has 3 aromatic heterocycles. The van der Waals surface area contributed by atoms with Gasteiger partial charge in [-0.2, -0.15) is 17.7 Å². The lowest BCUT2D eigenvalue weighted by Crippen LogP contribution is -2.39. The number of para-hydroxylation sites is 1. The molecule has 0 aliphatic heterocycles. The van der Waals surface area contributed by atoms with Crippen molar-refractivity contribution in [3.05, 3.63) is 54.2 Å². The number of hydrogen-bond acceptors (Lipinski definition) is 6. The number of alkyl halides is 3. The standard InChI is InChI=1S/C19H16F3N5O2S/c1-12-23-17-14-6-2-3-7-15(14)24-18(27(17)25-12)30-10-16(28)26(11-19(20,21)22)9-13-5-4-8-29-13/h2-8H,9-11H2,1H3. The number of benzene rings is 1. The number of fused-ring (bicyclic) bond motifs is 3. The molecule has 0 radical (unpaired) electrons. The molecule has 1 amide bonds. The molecule has 0 saturated heterocycles. The first-order valence-electron chi connectivity index (χ1n) is 8.92. The Bertz CT molecular complexity index is 1190. The molecule has 0 aliphatic rings. The fourth-order valence-corrected chi connectivity index (χ4v) is 3.83. The number of aryl methyl sites for hydroxylation is 1. The molecule has 4 rings (SSSR count). The van der Waals surface area contributed by atoms with Gasteiger partial charge in [0.25, 0.3) is 0 Å². The Hall–Kier alpha value is -3.08. The third kappa shape index (κ3) is 4.40. The predicted molar refractivity (Wildman–Crippen MR) is 104 cm³/mol. The van der Waals surface area contributed by atoms with E-state index in [0.717, 1.165) is 22.0 Å². The molecule has 11 heteroatoms. The van der Waals surface area contributed by atoms with Crippen LogP contribution in [-0.2, 0) is 11.3 Å². The van der Waals surface area contributed by atoms with Crippen molar-refractivity contribution in [3.63, 3.8) is 0 Å². The third-order valence-corrected chi connectivity index (χ3v) is 5.14. The largest absolute Gasteiger partial charge is 0.467 e. The van der Waals surface area contributed by atoms with Crippen LogP contribution in [0.4, 0.5) is 13.2 Å². The fraction of sp³-hybridized carbons (Fsp3) is 0.263. The molecule has 0 bridgehead atoms. The van der Waals surface area contributed by atoms with E-state index in [9.17, 15) is 18.0 Å². The Labute approximate surface area is 172 Å². The molecule has 7 nitrogen and oxygen atoms in total. The quantitative estimate of drug-likeness (QED) is 0.338. The number of thioether (sulfide) groups is 1. The summed E-state index contributed by atoms with van der Waals surface area (Å²) in [7, 11) is 0. The van der Waals surface area contributed by atoms with E-state index in [0.29, 0.717) is 22.1 Å². The van der Waals surface area contributed by atoms with Crippen LogP contribution in [-0.4, -0.2) is 48.9 Å². The summed E-state index contributed by atoms with van der Waals surface area (Å²) < 4.78 is 45.5. The van der Waals surface area contributed by atoms with Crippen molar-refractivity contribution < 1.29 is 22.4 Å². The zero-order valence-electron chi connectivity index (χ0n) is 15.8. The lowest BCUT2D eigenvalue weighted by Gasteiger charge is -2.22. The molecular formula is C19H16F3N5O2S. The summed E-state index contributed by atoms with van der Waals surface area (Å²) in [5.41, 5.74) is 1.24. The highest BCUT2D eigenvalue weighted by atomic mass is 32.2. The summed E-state index contributed by atoms with van der Waals surface area (Å²) in [4.78, 5) is 22.2. The SMILES string of the molecule is Cc1nc2c3ccccc3nc(SCC(=O)N(Cc3ccco3)CC(F)(F)F)n2n1. The molecule has 30 heavy (non-hydrogen) atoms. The van der Waals surface area contributed by atoms with Crippen LogP contribution >= 0.6 is 11.8 Å². The van der Waals surface area contributed by atoms with Crippen LogP contribution in [0.2, 0.25) is 0 Å². The molecule has 0 saturated carbocycles. The highest BCUT2D eigenvalue weighted by Crippen LogP contribution is 2.25. The van der Waals surface area contributed by atoms with Crippen LogP contribution in [0.15, 0.2) is 52.2 Å². The van der Waals surface area contributed by atoms with Crippen molar-refractivity contribution in [2.24, 2.45) is 0 Å². The van der Waals surface area contributed by atoms with Crippen LogP contribution in [0.25, 0.3) is 16.6 Å². The number of furan rings is 1. The summed E-state index contributed by atoms with van der Waals surface area (Å²) in [5.74, 6) is -0.127. The van der Waals surface area contributed by atoms with Gasteiger partial charge >= 0.3 is 6.18 Å². The minimum absolute atomic E-state index is 0.240. The van der Waals surface area contributed by atoms with Crippen LogP contribution in [0.5, 0.6) is 0 Å². The summed E-state index contributed by atoms with van der Waals surface area (Å²) >= 11 is 1.01. The smallest absolute Gasteiger partial charge is 0.406 e. The molecule has 0 spiro atoms. The molecule has 156 valence electrons. The van der Waals surface area contributed by atoms with Gasteiger partial charge in [0, 0.05) is 5.39 Å². The minimum Gasteiger partial charge on any atom is -0.467 e. The number of hydrogen-bond donors (Lipinski definition) is 0. The molecule has 4 aromatic rings. The monoisotopic (exact) mass is 435 g/mol. The number of carbonyl (C=O) groups excluding carboxylic acids is 1. The fourth-order valence-electron chi connectivity index (χ4n) is 2.98. The van der Waals surface area contributed by atoms with E-state index in [-0.39, 0.29) is 18.1 Å². The zero-order chi connectivity index (χ0) is 21.3. The van der Waals surface area contributed by atoms with Crippen LogP contribution in [0.1, 0.15) is 11.6 Å². The Morgan fingerprint density at radius 2 is 2.00 bits per heavy atom. The van der Waals surface area contributed by atoms with E-state index >= 15 is 0 Å². The van der Waals surface area contributed by atoms with Crippen molar-refractivity contribution in [3.8, 4) is 0 Å². The molecule has 0 fully saturated rings. The average Bonchev–Trinajstić information content (AvgIpc) is 3.33. The number of halogens is 3. The topological polar surface area (TPSA) is 76.5 Å². The Morgan fingerprint density at radius 3 is 2.73 bits per heavy atom. The molecule has 0 unspecified atom stereocenters. The summed E-state index contributed by atoms with van der Waals surface area (Å²) in [6.45, 7) is 0.0980. The second kappa shape index (κ2) is 7.98. The van der Waals surface area contributed by atoms with Gasteiger partial charge in [-0.15, -0.1) is 5.10 Å². The predicted octanol–water partition coefficient (Wildman–Crippen LogP) is 3.86. The number of carbonyl (C=O) groups is 1. The first-order chi connectivity index (χ1) is 14.3. The van der Waals surface area contributed by atoms with Crippen molar-refractivity contribution in [1.29, 1.82) is 0 Å². The summed E-state index contributed by atoms with van der Waals surface area (Å²) in [6.07, 6.45) is -3.17. The van der Waals surface area contributed by atoms with E-state index in [2.05, 4.69) is 15.1 Å². The van der Waals surface area contributed by atoms with E-state index in [1.54, 1.807) is 19.1 Å². The van der Waals surface area contributed by atoms with E-state index in [4.69, 9.17) is 4.42 Å². The molecule has 1 aromatic carbocycles. The first-order valence-corrected chi connectivity index (χ1v) is 9.90. The van der Waals surface area contributed by atoms with Crippen molar-refractivity contribution >= 4 is 34.2 Å². The number of amides is 1. The lowest BCUT2D eigenvalue weighted by atomic mass is 10.2. The average molecular weight is 435 g/mol. The minimum atomic E-state index is -4.52. The van der Waals surface area contributed by atoms with Gasteiger partial charge in [-0.1, -0.05) is 23.9 Å². The number of rotatable bonds is 6. The molecule has 0 aliphatic carbocycles. The maximum atomic E-state index is 13.0. The second-order valence-corrected chi connectivity index (χ2v) is 7.48. The zero-order valence-corrected chi connectivity index (χ0v) is 16.6. The third-order valence-electron chi connectivity index (χ3n) is 4.23. The Balaban J connectivity index is 1.58. The Morgan fingerprint density at radius 1 is 1.20 bits per heavy atom. The van der Waals surface area contributed by atoms with Gasteiger partial charge in [-0.25, -0.2) is 9.97 Å². The van der Waals surface area contributed by atoms with Crippen LogP contribution in [0.3, 0.4) is 0 Å². The number of nitrogens with zero attached hydrogens (tertiary/aromatic N) is 5. The normalized spacial score (nSPS) is 12.0. The first kappa shape index (κ1) is 20.2. The van der Waals surface area contributed by atoms with Gasteiger partial charge in [0.15, 0.2) is 10.8 Å². The van der Waals surface area contributed by atoms with Gasteiger partial charge in [-0.05, 0) is 31.2 Å². The maximum Gasteiger partial charge on any atom is 0.406 e. The van der Waals surface area contributed by atoms with Crippen LogP contribution in [0, 0.1) is 6.92 Å². The van der Waals surface area contributed by atoms with Crippen molar-refractivity contribution in [2.75, 3.05) is 12.3 Å². The van der Waals surface area contributed by atoms with Gasteiger partial charge in [0.05, 0.1) is 24.1 Å². The molecule has 0 atom stereocenters. The van der Waals surface area contributed by atoms with Gasteiger partial charge in [0.1, 0.15) is 18.1 Å². The summed E-state index contributed by atoms with van der Waals surface area (Å²) in [5, 5.41) is 5.48. The lowest BCUT2D eigenvalue weighted by molar-refractivity contribution is -0.161. The van der Waals surface area contributed by atoms with Gasteiger partial charge in [-0.3, -0.25) is 4.79 Å². The highest BCUT2D eigenvalue weighted by molar-refractivity contribution is 7.99. The number of aromatic nitrogens is 4. The second-order valence-electron chi connectivity index (χ2n) is 6.54.